The molecule has 2 N–H and O–H groups in total. The van der Waals surface area contributed by atoms with E-state index in [4.69, 9.17) is 4.74 Å². The molecule has 5 rings (SSSR count). The topological polar surface area (TPSA) is 87.1 Å². The van der Waals surface area contributed by atoms with Crippen LogP contribution in [0.25, 0.3) is 0 Å². The van der Waals surface area contributed by atoms with E-state index >= 15 is 0 Å². The third-order valence-electron chi connectivity index (χ3n) is 8.20. The first-order chi connectivity index (χ1) is 13.1. The number of aliphatic hydroxyl groups is 2. The smallest absolute Gasteiger partial charge is 0.262 e. The molecule has 6 nitrogen and oxygen atoms in total. The van der Waals surface area contributed by atoms with Gasteiger partial charge in [-0.15, -0.1) is 0 Å². The quantitative estimate of drug-likeness (QED) is 0.671. The summed E-state index contributed by atoms with van der Waals surface area (Å²) in [4.78, 5) is 27.7. The van der Waals surface area contributed by atoms with Gasteiger partial charge in [-0.2, -0.15) is 0 Å². The molecule has 2 heterocycles. The van der Waals surface area contributed by atoms with Crippen LogP contribution in [0.3, 0.4) is 0 Å². The van der Waals surface area contributed by atoms with Crippen molar-refractivity contribution in [1.29, 1.82) is 0 Å². The SMILES string of the molecule is CC(C)[C@H]1C(O)[C@@]2(O)OCCN3C(=O)C4=C5C3=C2[C@]1(C)CC[C@]5(C)CCC4=O. The molecule has 0 radical (unpaired) electrons. The number of rotatable bonds is 1. The van der Waals surface area contributed by atoms with Crippen LogP contribution >= 0.6 is 0 Å². The number of aliphatic hydroxyl groups excluding tert-OH is 1. The molecule has 28 heavy (non-hydrogen) atoms. The molecule has 1 amide bonds. The van der Waals surface area contributed by atoms with Crippen LogP contribution in [0.4, 0.5) is 0 Å². The largest absolute Gasteiger partial charge is 0.387 e. The lowest BCUT2D eigenvalue weighted by Gasteiger charge is -2.38. The number of nitrogens with zero attached hydrogens (tertiary/aromatic N) is 1. The Labute approximate surface area is 165 Å². The zero-order valence-electron chi connectivity index (χ0n) is 17.0. The van der Waals surface area contributed by atoms with Crippen LogP contribution in [0.2, 0.25) is 0 Å². The summed E-state index contributed by atoms with van der Waals surface area (Å²) in [6.45, 7) is 8.77. The first-order valence-electron chi connectivity index (χ1n) is 10.5. The fourth-order valence-electron chi connectivity index (χ4n) is 6.94. The van der Waals surface area contributed by atoms with Crippen LogP contribution in [0.15, 0.2) is 22.4 Å². The summed E-state index contributed by atoms with van der Waals surface area (Å²) in [6, 6.07) is 0. The molecule has 5 atom stereocenters. The summed E-state index contributed by atoms with van der Waals surface area (Å²) < 4.78 is 5.89. The van der Waals surface area contributed by atoms with E-state index in [-0.39, 0.29) is 42.1 Å². The van der Waals surface area contributed by atoms with E-state index in [0.717, 1.165) is 18.4 Å². The third kappa shape index (κ3) is 1.89. The van der Waals surface area contributed by atoms with Crippen molar-refractivity contribution >= 4 is 11.7 Å². The van der Waals surface area contributed by atoms with E-state index in [1.54, 1.807) is 4.90 Å². The standard InChI is InChI=1S/C22H29NO5/c1-11(2)14-18(25)22(27)17-16-15-13(19(26)23(16)9-10-28-22)12(24)5-6-20(15,3)7-8-21(14,17)4/h11,14,18,25,27H,5-10H2,1-4H3/t14-,18?,20-,21+,22-/m0/s1. The Balaban J connectivity index is 1.90. The van der Waals surface area contributed by atoms with Crippen molar-refractivity contribution in [3.63, 3.8) is 0 Å². The third-order valence-corrected chi connectivity index (χ3v) is 8.20. The Morgan fingerprint density at radius 3 is 2.57 bits per heavy atom. The van der Waals surface area contributed by atoms with E-state index in [2.05, 4.69) is 27.7 Å². The number of Topliss-reactive ketones (excluding diaryl/α,β-unsaturated/α-hetero) is 1. The summed E-state index contributed by atoms with van der Waals surface area (Å²) in [6.07, 6.45) is 1.64. The van der Waals surface area contributed by atoms with E-state index in [1.165, 1.54) is 0 Å². The molecule has 5 aliphatic rings. The number of ketones is 1. The molecule has 0 aromatic carbocycles. The molecule has 152 valence electrons. The fourth-order valence-corrected chi connectivity index (χ4v) is 6.94. The van der Waals surface area contributed by atoms with Crippen LogP contribution in [-0.2, 0) is 14.3 Å². The van der Waals surface area contributed by atoms with Gasteiger partial charge in [0.25, 0.3) is 5.91 Å². The molecule has 3 aliphatic carbocycles. The number of hydrogen-bond donors (Lipinski definition) is 2. The number of amides is 1. The molecule has 1 saturated carbocycles. The highest BCUT2D eigenvalue weighted by molar-refractivity contribution is 6.24. The van der Waals surface area contributed by atoms with Crippen molar-refractivity contribution in [2.24, 2.45) is 22.7 Å². The minimum atomic E-state index is -1.82. The van der Waals surface area contributed by atoms with Crippen LogP contribution in [0.1, 0.15) is 53.4 Å². The molecule has 6 heteroatoms. The lowest BCUT2D eigenvalue weighted by atomic mass is 9.66. The molecule has 0 saturated heterocycles. The zero-order chi connectivity index (χ0) is 20.2. The van der Waals surface area contributed by atoms with E-state index in [0.29, 0.717) is 29.7 Å². The lowest BCUT2D eigenvalue weighted by molar-refractivity contribution is -0.226. The lowest BCUT2D eigenvalue weighted by Crippen LogP contribution is -2.45. The van der Waals surface area contributed by atoms with Gasteiger partial charge in [0, 0.05) is 29.9 Å². The highest BCUT2D eigenvalue weighted by Crippen LogP contribution is 2.66. The number of ether oxygens (including phenoxy) is 1. The summed E-state index contributed by atoms with van der Waals surface area (Å²) in [5, 5.41) is 22.9. The van der Waals surface area contributed by atoms with Gasteiger partial charge in [-0.05, 0) is 36.2 Å². The molecule has 0 spiro atoms. The van der Waals surface area contributed by atoms with Crippen LogP contribution < -0.4 is 0 Å². The Morgan fingerprint density at radius 2 is 1.89 bits per heavy atom. The van der Waals surface area contributed by atoms with Crippen molar-refractivity contribution in [2.75, 3.05) is 13.2 Å². The van der Waals surface area contributed by atoms with Crippen LogP contribution in [-0.4, -0.2) is 51.8 Å². The van der Waals surface area contributed by atoms with Crippen molar-refractivity contribution in [1.82, 2.24) is 4.90 Å². The summed E-state index contributed by atoms with van der Waals surface area (Å²) in [5.41, 5.74) is 1.63. The van der Waals surface area contributed by atoms with Gasteiger partial charge in [0.05, 0.1) is 17.9 Å². The van der Waals surface area contributed by atoms with Gasteiger partial charge in [-0.3, -0.25) is 9.59 Å². The monoisotopic (exact) mass is 387 g/mol. The average Bonchev–Trinajstić information content (AvgIpc) is 2.86. The van der Waals surface area contributed by atoms with Gasteiger partial charge in [0.1, 0.15) is 6.10 Å². The highest BCUT2D eigenvalue weighted by atomic mass is 16.6. The average molecular weight is 387 g/mol. The maximum atomic E-state index is 13.3. The number of hydrogen-bond acceptors (Lipinski definition) is 5. The number of carbonyl (C=O) groups excluding carboxylic acids is 2. The molecular weight excluding hydrogens is 358 g/mol. The minimum absolute atomic E-state index is 0.0920. The van der Waals surface area contributed by atoms with Crippen LogP contribution in [0.5, 0.6) is 0 Å². The summed E-state index contributed by atoms with van der Waals surface area (Å²) >= 11 is 0. The molecule has 1 unspecified atom stereocenters. The van der Waals surface area contributed by atoms with Gasteiger partial charge in [0.15, 0.2) is 5.78 Å². The Hall–Kier alpha value is -1.50. The molecule has 2 aliphatic heterocycles. The van der Waals surface area contributed by atoms with E-state index in [1.807, 2.05) is 0 Å². The Kier molecular flexibility index (Phi) is 3.54. The maximum absolute atomic E-state index is 13.3. The minimum Gasteiger partial charge on any atom is -0.387 e. The van der Waals surface area contributed by atoms with Crippen molar-refractivity contribution in [2.45, 2.75) is 65.3 Å². The van der Waals surface area contributed by atoms with E-state index < -0.39 is 17.3 Å². The Bertz CT molecular complexity index is 872. The summed E-state index contributed by atoms with van der Waals surface area (Å²) in [7, 11) is 0. The van der Waals surface area contributed by atoms with Gasteiger partial charge >= 0.3 is 0 Å². The number of allylic oxidation sites excluding steroid dienone is 1. The normalized spacial score (nSPS) is 45.0. The molecule has 0 aromatic heterocycles. The van der Waals surface area contributed by atoms with Gasteiger partial charge < -0.3 is 19.8 Å². The van der Waals surface area contributed by atoms with Gasteiger partial charge in [-0.25, -0.2) is 0 Å². The first-order valence-corrected chi connectivity index (χ1v) is 10.5. The maximum Gasteiger partial charge on any atom is 0.262 e. The van der Waals surface area contributed by atoms with Gasteiger partial charge in [0.2, 0.25) is 5.79 Å². The number of carbonyl (C=O) groups is 2. The van der Waals surface area contributed by atoms with Crippen molar-refractivity contribution < 1.29 is 24.5 Å². The second-order valence-corrected chi connectivity index (χ2v) is 10.1. The predicted octanol–water partition coefficient (Wildman–Crippen LogP) is 1.91. The second kappa shape index (κ2) is 5.35. The van der Waals surface area contributed by atoms with Gasteiger partial charge in [-0.1, -0.05) is 27.7 Å². The molecular formula is C22H29NO5. The van der Waals surface area contributed by atoms with E-state index in [9.17, 15) is 19.8 Å². The van der Waals surface area contributed by atoms with Crippen molar-refractivity contribution in [3.8, 4) is 0 Å². The van der Waals surface area contributed by atoms with Crippen LogP contribution in [0, 0.1) is 22.7 Å². The fraction of sp³-hybridized carbons (Fsp3) is 0.727. The second-order valence-electron chi connectivity index (χ2n) is 10.1. The summed E-state index contributed by atoms with van der Waals surface area (Å²) in [5.74, 6) is -2.23. The van der Waals surface area contributed by atoms with Crippen molar-refractivity contribution in [3.05, 3.63) is 22.4 Å². The predicted molar refractivity (Wildman–Crippen MR) is 101 cm³/mol. The Morgan fingerprint density at radius 1 is 1.18 bits per heavy atom. The molecule has 0 aromatic rings. The zero-order valence-corrected chi connectivity index (χ0v) is 17.0. The first kappa shape index (κ1) is 18.5. The highest BCUT2D eigenvalue weighted by Gasteiger charge is 2.68. The molecule has 1 fully saturated rings. The molecule has 0 bridgehead atoms.